The van der Waals surface area contributed by atoms with E-state index in [1.54, 1.807) is 38.4 Å². The Hall–Kier alpha value is -5.30. The summed E-state index contributed by atoms with van der Waals surface area (Å²) in [7, 11) is 7.27. The summed E-state index contributed by atoms with van der Waals surface area (Å²) >= 11 is 0. The number of aryl methyl sites for hydroxylation is 1. The summed E-state index contributed by atoms with van der Waals surface area (Å²) in [6.45, 7) is 13.4. The van der Waals surface area contributed by atoms with Gasteiger partial charge in [0.25, 0.3) is 5.92 Å². The average Bonchev–Trinajstić information content (AvgIpc) is 3.59. The lowest BCUT2D eigenvalue weighted by Crippen LogP contribution is -2.42. The van der Waals surface area contributed by atoms with Crippen molar-refractivity contribution >= 4 is 51.9 Å². The zero-order valence-electron chi connectivity index (χ0n) is 39.6. The molecule has 4 aromatic rings. The molecule has 2 heterocycles. The van der Waals surface area contributed by atoms with Gasteiger partial charge in [0.05, 0.1) is 24.7 Å². The number of likely N-dealkylation sites (N-methyl/N-ethyl adjacent to an activating group) is 2. The van der Waals surface area contributed by atoms with Crippen LogP contribution < -0.4 is 15.4 Å². The molecule has 4 rings (SSSR count). The smallest absolute Gasteiger partial charge is 0.285 e. The fraction of sp³-hybridized carbons (Fsp3) is 0.462. The minimum absolute atomic E-state index is 0.00578. The number of hydrogen-bond acceptors (Lipinski definition) is 8. The zero-order chi connectivity index (χ0) is 47.3. The van der Waals surface area contributed by atoms with E-state index < -0.39 is 12.5 Å². The molecule has 12 heteroatoms. The maximum atomic E-state index is 15.2. The van der Waals surface area contributed by atoms with Crippen molar-refractivity contribution in [3.8, 4) is 5.75 Å². The summed E-state index contributed by atoms with van der Waals surface area (Å²) in [5, 5.41) is 7.72. The first-order chi connectivity index (χ1) is 31.0. The second-order valence-electron chi connectivity index (χ2n) is 15.3. The Bertz CT molecular complexity index is 2120. The largest absolute Gasteiger partial charge is 0.494 e. The van der Waals surface area contributed by atoms with Crippen molar-refractivity contribution in [2.24, 2.45) is 7.05 Å². The molecule has 1 unspecified atom stereocenters. The van der Waals surface area contributed by atoms with E-state index in [0.29, 0.717) is 43.9 Å². The number of fused-ring (bicyclic) bond motifs is 3. The molecule has 10 nitrogen and oxygen atoms in total. The van der Waals surface area contributed by atoms with Crippen LogP contribution in [0.25, 0.3) is 33.5 Å². The summed E-state index contributed by atoms with van der Waals surface area (Å²) in [6.07, 6.45) is 21.4. The molecule has 0 saturated carbocycles. The third-order valence-corrected chi connectivity index (χ3v) is 10.7. The molecule has 0 radical (unpaired) electrons. The number of halogens is 2. The third kappa shape index (κ3) is 17.7. The number of amides is 1. The number of unbranched alkanes of at least 4 members (excludes halogenated alkanes) is 5. The fourth-order valence-electron chi connectivity index (χ4n) is 7.08. The normalized spacial score (nSPS) is 12.4. The van der Waals surface area contributed by atoms with Crippen LogP contribution in [0.1, 0.15) is 107 Å². The van der Waals surface area contributed by atoms with Gasteiger partial charge in [-0.1, -0.05) is 75.4 Å². The van der Waals surface area contributed by atoms with Crippen molar-refractivity contribution in [2.45, 2.75) is 97.4 Å². The molecule has 1 atom stereocenters. The van der Waals surface area contributed by atoms with E-state index in [1.165, 1.54) is 12.2 Å². The Kier molecular flexibility index (Phi) is 26.3. The zero-order valence-corrected chi connectivity index (χ0v) is 39.6. The van der Waals surface area contributed by atoms with Crippen molar-refractivity contribution < 1.29 is 32.6 Å². The number of alkyl halides is 2. The van der Waals surface area contributed by atoms with Gasteiger partial charge in [-0.2, -0.15) is 8.78 Å². The molecular formula is C52H73F2N5O5. The molecule has 2 N–H and O–H groups in total. The predicted molar refractivity (Wildman–Crippen MR) is 261 cm³/mol. The van der Waals surface area contributed by atoms with Crippen LogP contribution in [0, 0.1) is 0 Å². The maximum absolute atomic E-state index is 15.2. The predicted octanol–water partition coefficient (Wildman–Crippen LogP) is 10.8. The van der Waals surface area contributed by atoms with Crippen molar-refractivity contribution in [1.29, 1.82) is 0 Å². The first-order valence-electron chi connectivity index (χ1n) is 22.6. The summed E-state index contributed by atoms with van der Waals surface area (Å²) in [6, 6.07) is 13.5. The van der Waals surface area contributed by atoms with Gasteiger partial charge in [0, 0.05) is 73.5 Å². The van der Waals surface area contributed by atoms with Gasteiger partial charge in [-0.25, -0.2) is 0 Å². The van der Waals surface area contributed by atoms with Gasteiger partial charge < -0.3 is 29.5 Å². The number of nitrogens with one attached hydrogen (secondary N) is 2. The maximum Gasteiger partial charge on any atom is 0.285 e. The molecule has 2 aromatic heterocycles. The highest BCUT2D eigenvalue weighted by atomic mass is 19.3. The highest BCUT2D eigenvalue weighted by Crippen LogP contribution is 2.31. The van der Waals surface area contributed by atoms with E-state index in [9.17, 15) is 14.4 Å². The van der Waals surface area contributed by atoms with E-state index in [1.807, 2.05) is 83.4 Å². The number of hydrogen-bond donors (Lipinski definition) is 2. The van der Waals surface area contributed by atoms with Crippen LogP contribution in [0.3, 0.4) is 0 Å². The number of allylic oxidation sites excluding steroid dienone is 5. The molecule has 350 valence electrons. The monoisotopic (exact) mass is 886 g/mol. The molecule has 0 aliphatic heterocycles. The van der Waals surface area contributed by atoms with Gasteiger partial charge >= 0.3 is 0 Å². The molecular weight excluding hydrogens is 813 g/mol. The number of carbonyl (C=O) groups excluding carboxylic acids is 3. The molecule has 0 spiro atoms. The number of nitrogens with zero attached hydrogens (tertiary/aromatic N) is 3. The summed E-state index contributed by atoms with van der Waals surface area (Å²) in [4.78, 5) is 38.5. The topological polar surface area (TPSA) is 115 Å². The van der Waals surface area contributed by atoms with Gasteiger partial charge in [-0.3, -0.25) is 19.5 Å². The van der Waals surface area contributed by atoms with Crippen LogP contribution >= 0.6 is 0 Å². The summed E-state index contributed by atoms with van der Waals surface area (Å²) in [5.41, 5.74) is 5.41. The van der Waals surface area contributed by atoms with Gasteiger partial charge in [0.2, 0.25) is 5.91 Å². The Morgan fingerprint density at radius 3 is 2.22 bits per heavy atom. The second-order valence-corrected chi connectivity index (χ2v) is 15.3. The molecule has 1 amide bonds. The van der Waals surface area contributed by atoms with Crippen molar-refractivity contribution in [2.75, 3.05) is 54.1 Å². The lowest BCUT2D eigenvalue weighted by atomic mass is 10.0. The fourth-order valence-corrected chi connectivity index (χ4v) is 7.08. The first-order valence-corrected chi connectivity index (χ1v) is 22.6. The Morgan fingerprint density at radius 1 is 0.891 bits per heavy atom. The Labute approximate surface area is 380 Å². The lowest BCUT2D eigenvalue weighted by Gasteiger charge is -2.21. The highest BCUT2D eigenvalue weighted by Gasteiger charge is 2.31. The number of aromatic nitrogens is 2. The standard InChI is InChI=1S/C42H51F2N3O3.C8H16N2O2.C2H6/c1-5-32(34-17-20-38-39-29-45-23-21-40(39)47(4)41(38)28-34)15-18-36(7-3)42(43,44)31-46-22-11-10-13-25-49-24-12-8-9-14-26-50-37-19-16-33(6-2)35(27-37)30-48;1-9-8(12)7(10(2)3)5-4-6-11;1-2/h5-7,15-21,23,27-30,46H,2,8-14,22,24-26,31H2,1,3-4H3;6-7H,4-5H2,1-3H3,(H,9,12);1-2H3/b18-15-,32-5+,36-7+;;. The van der Waals surface area contributed by atoms with E-state index >= 15 is 8.78 Å². The Morgan fingerprint density at radius 2 is 1.59 bits per heavy atom. The molecule has 0 aliphatic carbocycles. The van der Waals surface area contributed by atoms with Crippen molar-refractivity contribution in [1.82, 2.24) is 25.1 Å². The number of ether oxygens (including phenoxy) is 2. The summed E-state index contributed by atoms with van der Waals surface area (Å²) < 4.78 is 44.0. The van der Waals surface area contributed by atoms with Crippen LogP contribution in [0.5, 0.6) is 5.75 Å². The van der Waals surface area contributed by atoms with E-state index in [4.69, 9.17) is 9.47 Å². The van der Waals surface area contributed by atoms with E-state index in [-0.39, 0.29) is 17.5 Å². The van der Waals surface area contributed by atoms with Crippen LogP contribution in [0.4, 0.5) is 8.78 Å². The van der Waals surface area contributed by atoms with Crippen LogP contribution in [-0.2, 0) is 21.4 Å². The van der Waals surface area contributed by atoms with Crippen LogP contribution in [0.2, 0.25) is 0 Å². The minimum atomic E-state index is -2.98. The highest BCUT2D eigenvalue weighted by molar-refractivity contribution is 6.08. The lowest BCUT2D eigenvalue weighted by molar-refractivity contribution is -0.125. The first kappa shape index (κ1) is 54.8. The number of aldehydes is 2. The number of benzene rings is 2. The number of carbonyl (C=O) groups is 3. The minimum Gasteiger partial charge on any atom is -0.494 e. The second kappa shape index (κ2) is 30.7. The summed E-state index contributed by atoms with van der Waals surface area (Å²) in [5.74, 6) is -2.32. The Balaban J connectivity index is 0.000000870. The molecule has 0 saturated heterocycles. The molecule has 64 heavy (non-hydrogen) atoms. The quantitative estimate of drug-likeness (QED) is 0.0346. The van der Waals surface area contributed by atoms with E-state index in [0.717, 1.165) is 103 Å². The van der Waals surface area contributed by atoms with Gasteiger partial charge in [-0.15, -0.1) is 0 Å². The number of pyridine rings is 1. The van der Waals surface area contributed by atoms with Crippen molar-refractivity contribution in [3.63, 3.8) is 0 Å². The molecule has 2 aromatic carbocycles. The van der Waals surface area contributed by atoms with Gasteiger partial charge in [0.15, 0.2) is 6.29 Å². The number of rotatable bonds is 27. The van der Waals surface area contributed by atoms with Crippen molar-refractivity contribution in [3.05, 3.63) is 108 Å². The SMILES string of the molecule is C=Cc1ccc(OCCCCCCOCCCCCNCC(F)(F)C(/C=C\C(=C/C)c2ccc3c4cnccc4n(C)c3c2)=C/C)cc1C=O.CC.CNC(=O)C(CCC=O)N(C)C. The van der Waals surface area contributed by atoms with E-state index in [2.05, 4.69) is 38.9 Å². The van der Waals surface area contributed by atoms with Crippen LogP contribution in [0.15, 0.2) is 91.3 Å². The molecule has 0 bridgehead atoms. The average molecular weight is 886 g/mol. The third-order valence-electron chi connectivity index (χ3n) is 10.7. The molecule has 0 aliphatic rings. The van der Waals surface area contributed by atoms with Gasteiger partial charge in [0.1, 0.15) is 12.0 Å². The van der Waals surface area contributed by atoms with Gasteiger partial charge in [-0.05, 0) is 120 Å². The van der Waals surface area contributed by atoms with Crippen LogP contribution in [-0.4, -0.2) is 98.9 Å². The molecule has 0 fully saturated rings.